The minimum absolute atomic E-state index is 0.0969. The molecule has 78 heavy (non-hydrogen) atoms. The zero-order valence-electron chi connectivity index (χ0n) is 50.1. The van der Waals surface area contributed by atoms with E-state index in [0.717, 1.165) is 173 Å². The van der Waals surface area contributed by atoms with Gasteiger partial charge in [0.1, 0.15) is 13.2 Å². The number of unbranched alkanes of at least 4 members (excludes halogenated alkanes) is 18. The van der Waals surface area contributed by atoms with Crippen molar-refractivity contribution in [3.63, 3.8) is 0 Å². The average molecular weight is 1080 g/mol. The fourth-order valence-electron chi connectivity index (χ4n) is 8.13. The Morgan fingerprint density at radius 3 is 0.782 bits per heavy atom. The summed E-state index contributed by atoms with van der Waals surface area (Å²) in [6.45, 7) is 6.35. The van der Waals surface area contributed by atoms with Gasteiger partial charge in [0, 0.05) is 19.3 Å². The predicted molar refractivity (Wildman–Crippen MR) is 338 cm³/mol. The van der Waals surface area contributed by atoms with E-state index in [4.69, 9.17) is 14.2 Å². The molecule has 0 aromatic heterocycles. The standard InChI is InChI=1S/C72H114O6/c1-4-7-10-13-16-19-22-24-26-27-28-29-30-31-32-33-34-35-36-37-38-39-40-41-42-43-44-45-47-48-50-53-56-59-62-65-71(74)77-68-69(67-76-70(73)64-61-58-55-52-21-18-15-12-9-6-3)78-72(75)66-63-60-57-54-51-49-46-25-23-20-17-14-11-8-5-2/h7-8,10-11,16-17,19-20,24-26,28-29,31-32,34-35,37-38,40-41,43-44,46-48,69H,4-6,9,12-15,18,21-23,27,30,33,36,39,42,45,49-68H2,1-3H3/b10-7-,11-8-,19-16-,20-17-,26-24-,29-28-,32-31-,35-34-,38-37-,41-40-,44-43-,46-25-,48-47-. The van der Waals surface area contributed by atoms with Crippen LogP contribution in [0, 0.1) is 0 Å². The summed E-state index contributed by atoms with van der Waals surface area (Å²) < 4.78 is 16.8. The molecule has 1 unspecified atom stereocenters. The number of allylic oxidation sites excluding steroid dienone is 26. The van der Waals surface area contributed by atoms with Gasteiger partial charge in [-0.05, 0) is 128 Å². The van der Waals surface area contributed by atoms with Crippen LogP contribution in [0.15, 0.2) is 158 Å². The number of esters is 3. The van der Waals surface area contributed by atoms with Gasteiger partial charge in [-0.2, -0.15) is 0 Å². The Morgan fingerprint density at radius 2 is 0.500 bits per heavy atom. The Hall–Kier alpha value is -4.97. The first-order valence-corrected chi connectivity index (χ1v) is 31.5. The lowest BCUT2D eigenvalue weighted by Gasteiger charge is -2.18. The van der Waals surface area contributed by atoms with Gasteiger partial charge in [0.15, 0.2) is 6.10 Å². The van der Waals surface area contributed by atoms with Crippen LogP contribution in [-0.2, 0) is 28.6 Å². The molecule has 1 atom stereocenters. The molecule has 0 amide bonds. The second kappa shape index (κ2) is 64.6. The zero-order valence-corrected chi connectivity index (χ0v) is 50.1. The molecule has 438 valence electrons. The molecule has 0 spiro atoms. The van der Waals surface area contributed by atoms with Gasteiger partial charge < -0.3 is 14.2 Å². The highest BCUT2D eigenvalue weighted by Gasteiger charge is 2.19. The second-order valence-electron chi connectivity index (χ2n) is 20.2. The van der Waals surface area contributed by atoms with Gasteiger partial charge >= 0.3 is 17.9 Å². The number of rotatable bonds is 55. The first kappa shape index (κ1) is 73.0. The summed E-state index contributed by atoms with van der Waals surface area (Å²) in [5.74, 6) is -0.947. The summed E-state index contributed by atoms with van der Waals surface area (Å²) >= 11 is 0. The SMILES string of the molecule is CC/C=C\C/C=C\C/C=C\C/C=C\C/C=C\C/C=C\C/C=C\C/C=C\C/C=C\C/C=C\CCCCCCC(=O)OCC(COC(=O)CCCCCCCCCCCC)OC(=O)CCCCCCC/C=C\C/C=C\C/C=C\CC. The molecular formula is C72H114O6. The summed E-state index contributed by atoms with van der Waals surface area (Å²) in [7, 11) is 0. The molecule has 0 bridgehead atoms. The smallest absolute Gasteiger partial charge is 0.306 e. The van der Waals surface area contributed by atoms with Gasteiger partial charge in [0.25, 0.3) is 0 Å². The fraction of sp³-hybridized carbons (Fsp3) is 0.597. The van der Waals surface area contributed by atoms with Crippen LogP contribution in [0.5, 0.6) is 0 Å². The Bertz CT molecular complexity index is 1760. The van der Waals surface area contributed by atoms with E-state index in [0.29, 0.717) is 19.3 Å². The van der Waals surface area contributed by atoms with Gasteiger partial charge in [-0.25, -0.2) is 0 Å². The molecule has 0 aliphatic carbocycles. The lowest BCUT2D eigenvalue weighted by molar-refractivity contribution is -0.167. The molecule has 0 saturated heterocycles. The van der Waals surface area contributed by atoms with Gasteiger partial charge in [-0.15, -0.1) is 0 Å². The molecule has 0 aliphatic rings. The third kappa shape index (κ3) is 61.9. The molecule has 0 aromatic carbocycles. The van der Waals surface area contributed by atoms with E-state index in [-0.39, 0.29) is 31.1 Å². The van der Waals surface area contributed by atoms with Crippen molar-refractivity contribution in [1.29, 1.82) is 0 Å². The molecule has 0 aromatic rings. The van der Waals surface area contributed by atoms with Crippen molar-refractivity contribution < 1.29 is 28.6 Å². The first-order chi connectivity index (χ1) is 38.5. The largest absolute Gasteiger partial charge is 0.462 e. The van der Waals surface area contributed by atoms with E-state index in [2.05, 4.69) is 179 Å². The molecular weight excluding hydrogens is 961 g/mol. The van der Waals surface area contributed by atoms with E-state index in [1.54, 1.807) is 0 Å². The predicted octanol–water partition coefficient (Wildman–Crippen LogP) is 21.7. The third-order valence-corrected chi connectivity index (χ3v) is 12.8. The lowest BCUT2D eigenvalue weighted by atomic mass is 10.1. The van der Waals surface area contributed by atoms with Crippen molar-refractivity contribution in [2.75, 3.05) is 13.2 Å². The molecule has 0 saturated carbocycles. The van der Waals surface area contributed by atoms with Gasteiger partial charge in [-0.3, -0.25) is 14.4 Å². The van der Waals surface area contributed by atoms with Gasteiger partial charge in [0.2, 0.25) is 0 Å². The number of ether oxygens (including phenoxy) is 3. The quantitative estimate of drug-likeness (QED) is 0.0261. The van der Waals surface area contributed by atoms with Crippen molar-refractivity contribution in [1.82, 2.24) is 0 Å². The highest BCUT2D eigenvalue weighted by Crippen LogP contribution is 2.14. The van der Waals surface area contributed by atoms with Gasteiger partial charge in [-0.1, -0.05) is 269 Å². The third-order valence-electron chi connectivity index (χ3n) is 12.8. The number of carbonyl (C=O) groups excluding carboxylic acids is 3. The van der Waals surface area contributed by atoms with Crippen LogP contribution in [0.4, 0.5) is 0 Å². The Balaban J connectivity index is 4.29. The van der Waals surface area contributed by atoms with Crippen LogP contribution in [0.3, 0.4) is 0 Å². The molecule has 0 rings (SSSR count). The molecule has 0 fully saturated rings. The molecule has 6 heteroatoms. The number of hydrogen-bond acceptors (Lipinski definition) is 6. The second-order valence-corrected chi connectivity index (χ2v) is 20.2. The molecule has 0 radical (unpaired) electrons. The van der Waals surface area contributed by atoms with E-state index < -0.39 is 6.10 Å². The van der Waals surface area contributed by atoms with Crippen LogP contribution in [-0.4, -0.2) is 37.2 Å². The summed E-state index contributed by atoms with van der Waals surface area (Å²) in [5.41, 5.74) is 0. The average Bonchev–Trinajstić information content (AvgIpc) is 3.44. The highest BCUT2D eigenvalue weighted by atomic mass is 16.6. The zero-order chi connectivity index (χ0) is 56.4. The van der Waals surface area contributed by atoms with Crippen molar-refractivity contribution in [2.45, 2.75) is 264 Å². The fourth-order valence-corrected chi connectivity index (χ4v) is 8.13. The molecule has 0 heterocycles. The maximum Gasteiger partial charge on any atom is 0.306 e. The van der Waals surface area contributed by atoms with E-state index in [1.807, 2.05) is 0 Å². The summed E-state index contributed by atoms with van der Waals surface area (Å²) in [4.78, 5) is 38.1. The first-order valence-electron chi connectivity index (χ1n) is 31.5. The lowest BCUT2D eigenvalue weighted by Crippen LogP contribution is -2.30. The Morgan fingerprint density at radius 1 is 0.269 bits per heavy atom. The maximum absolute atomic E-state index is 12.8. The van der Waals surface area contributed by atoms with Crippen LogP contribution in [0.1, 0.15) is 258 Å². The van der Waals surface area contributed by atoms with E-state index in [1.165, 1.54) is 44.9 Å². The highest BCUT2D eigenvalue weighted by molar-refractivity contribution is 5.71. The maximum atomic E-state index is 12.8. The van der Waals surface area contributed by atoms with Crippen LogP contribution < -0.4 is 0 Å². The van der Waals surface area contributed by atoms with Crippen LogP contribution in [0.25, 0.3) is 0 Å². The molecule has 6 nitrogen and oxygen atoms in total. The van der Waals surface area contributed by atoms with Crippen LogP contribution in [0.2, 0.25) is 0 Å². The Labute approximate surface area is 480 Å². The Kier molecular flexibility index (Phi) is 60.4. The minimum Gasteiger partial charge on any atom is -0.462 e. The van der Waals surface area contributed by atoms with Gasteiger partial charge in [0.05, 0.1) is 0 Å². The van der Waals surface area contributed by atoms with Crippen molar-refractivity contribution in [3.8, 4) is 0 Å². The molecule has 0 N–H and O–H groups in total. The van der Waals surface area contributed by atoms with Crippen LogP contribution >= 0.6 is 0 Å². The van der Waals surface area contributed by atoms with E-state index in [9.17, 15) is 14.4 Å². The van der Waals surface area contributed by atoms with Crippen molar-refractivity contribution in [3.05, 3.63) is 158 Å². The van der Waals surface area contributed by atoms with Crippen molar-refractivity contribution >= 4 is 17.9 Å². The summed E-state index contributed by atoms with van der Waals surface area (Å²) in [5, 5.41) is 0. The van der Waals surface area contributed by atoms with Crippen molar-refractivity contribution in [2.24, 2.45) is 0 Å². The minimum atomic E-state index is -0.802. The molecule has 0 aliphatic heterocycles. The van der Waals surface area contributed by atoms with E-state index >= 15 is 0 Å². The number of carbonyl (C=O) groups is 3. The normalized spacial score (nSPS) is 13.2. The topological polar surface area (TPSA) is 78.9 Å². The summed E-state index contributed by atoms with van der Waals surface area (Å²) in [6, 6.07) is 0. The monoisotopic (exact) mass is 1070 g/mol. The summed E-state index contributed by atoms with van der Waals surface area (Å²) in [6.07, 6.45) is 94.0. The number of hydrogen-bond donors (Lipinski definition) is 0.